The number of nitro groups is 1. The summed E-state index contributed by atoms with van der Waals surface area (Å²) in [4.78, 5) is 35.1. The molecule has 0 unspecified atom stereocenters. The molecule has 10 heteroatoms. The summed E-state index contributed by atoms with van der Waals surface area (Å²) >= 11 is 0. The van der Waals surface area contributed by atoms with E-state index in [1.54, 1.807) is 12.3 Å². The molecule has 0 radical (unpaired) electrons. The number of carbonyl (C=O) groups is 1. The minimum Gasteiger partial charge on any atom is -0.507 e. The molecule has 0 fully saturated rings. The summed E-state index contributed by atoms with van der Waals surface area (Å²) < 4.78 is 1.39. The van der Waals surface area contributed by atoms with Crippen LogP contribution in [0.5, 0.6) is 11.5 Å². The van der Waals surface area contributed by atoms with Crippen molar-refractivity contribution >= 4 is 17.8 Å². The predicted molar refractivity (Wildman–Crippen MR) is 112 cm³/mol. The number of phenols is 2. The van der Waals surface area contributed by atoms with Crippen molar-refractivity contribution in [3.8, 4) is 11.5 Å². The van der Waals surface area contributed by atoms with Crippen LogP contribution in [-0.4, -0.2) is 31.8 Å². The van der Waals surface area contributed by atoms with Crippen LogP contribution >= 0.6 is 0 Å². The van der Waals surface area contributed by atoms with Crippen molar-refractivity contribution in [2.24, 2.45) is 5.10 Å². The molecule has 0 spiro atoms. The van der Waals surface area contributed by atoms with Crippen LogP contribution in [0.4, 0.5) is 5.69 Å². The molecular formula is C21H18N4O6. The first-order valence-corrected chi connectivity index (χ1v) is 9.05. The molecule has 3 aromatic rings. The first-order chi connectivity index (χ1) is 14.8. The van der Waals surface area contributed by atoms with Gasteiger partial charge in [-0.3, -0.25) is 19.7 Å². The lowest BCUT2D eigenvalue weighted by Crippen LogP contribution is -2.30. The van der Waals surface area contributed by atoms with Crippen LogP contribution < -0.4 is 11.0 Å². The Morgan fingerprint density at radius 1 is 1.19 bits per heavy atom. The molecular weight excluding hydrogens is 404 g/mol. The number of aryl methyl sites for hydroxylation is 1. The Labute approximate surface area is 175 Å². The van der Waals surface area contributed by atoms with Crippen molar-refractivity contribution in [3.05, 3.63) is 97.4 Å². The fraction of sp³-hybridized carbons (Fsp3) is 0.0952. The lowest BCUT2D eigenvalue weighted by Gasteiger charge is -2.08. The highest BCUT2D eigenvalue weighted by molar-refractivity contribution is 5.95. The lowest BCUT2D eigenvalue weighted by atomic mass is 10.1. The van der Waals surface area contributed by atoms with Crippen molar-refractivity contribution in [3.63, 3.8) is 0 Å². The second-order valence-corrected chi connectivity index (χ2v) is 6.70. The Bertz CT molecular complexity index is 1230. The van der Waals surface area contributed by atoms with Gasteiger partial charge in [-0.05, 0) is 24.6 Å². The summed E-state index contributed by atoms with van der Waals surface area (Å²) in [6.45, 7) is 2.24. The number of hydrazone groups is 1. The lowest BCUT2D eigenvalue weighted by molar-refractivity contribution is -0.385. The molecule has 1 aromatic heterocycles. The maximum Gasteiger partial charge on any atom is 0.311 e. The smallest absolute Gasteiger partial charge is 0.311 e. The molecule has 3 rings (SSSR count). The van der Waals surface area contributed by atoms with E-state index < -0.39 is 33.6 Å². The number of hydrogen-bond acceptors (Lipinski definition) is 7. The highest BCUT2D eigenvalue weighted by atomic mass is 16.6. The quantitative estimate of drug-likeness (QED) is 0.315. The van der Waals surface area contributed by atoms with Crippen molar-refractivity contribution < 1.29 is 19.9 Å². The van der Waals surface area contributed by atoms with Gasteiger partial charge in [-0.25, -0.2) is 5.43 Å². The number of aromatic nitrogens is 1. The Hall–Kier alpha value is -4.47. The zero-order valence-electron chi connectivity index (χ0n) is 16.3. The summed E-state index contributed by atoms with van der Waals surface area (Å²) in [6, 6.07) is 12.2. The van der Waals surface area contributed by atoms with E-state index in [4.69, 9.17) is 0 Å². The van der Waals surface area contributed by atoms with Crippen LogP contribution in [0.25, 0.3) is 0 Å². The summed E-state index contributed by atoms with van der Waals surface area (Å²) in [5.41, 5.74) is 2.74. The maximum atomic E-state index is 12.6. The number of benzene rings is 2. The van der Waals surface area contributed by atoms with Crippen LogP contribution in [0.2, 0.25) is 0 Å². The second-order valence-electron chi connectivity index (χ2n) is 6.70. The molecule has 0 saturated heterocycles. The van der Waals surface area contributed by atoms with Crippen LogP contribution in [0.3, 0.4) is 0 Å². The van der Waals surface area contributed by atoms with E-state index in [9.17, 15) is 29.9 Å². The normalized spacial score (nSPS) is 10.9. The third-order valence-electron chi connectivity index (χ3n) is 4.43. The van der Waals surface area contributed by atoms with Gasteiger partial charge in [0.15, 0.2) is 5.75 Å². The zero-order chi connectivity index (χ0) is 22.5. The molecule has 0 saturated carbocycles. The fourth-order valence-electron chi connectivity index (χ4n) is 2.78. The maximum absolute atomic E-state index is 12.6. The highest BCUT2D eigenvalue weighted by Crippen LogP contribution is 2.31. The number of rotatable bonds is 6. The van der Waals surface area contributed by atoms with Gasteiger partial charge in [0.1, 0.15) is 11.3 Å². The first kappa shape index (κ1) is 21.2. The van der Waals surface area contributed by atoms with Crippen LogP contribution in [0, 0.1) is 17.0 Å². The molecule has 0 atom stereocenters. The molecule has 0 aliphatic heterocycles. The molecule has 0 aliphatic rings. The van der Waals surface area contributed by atoms with Gasteiger partial charge < -0.3 is 14.8 Å². The minimum absolute atomic E-state index is 0.102. The van der Waals surface area contributed by atoms with Crippen LogP contribution in [-0.2, 0) is 6.54 Å². The second kappa shape index (κ2) is 8.91. The molecule has 158 valence electrons. The Kier molecular flexibility index (Phi) is 6.10. The van der Waals surface area contributed by atoms with Crippen molar-refractivity contribution in [1.29, 1.82) is 0 Å². The average molecular weight is 422 g/mol. The molecule has 1 amide bonds. The largest absolute Gasteiger partial charge is 0.507 e. The highest BCUT2D eigenvalue weighted by Gasteiger charge is 2.17. The topological polar surface area (TPSA) is 147 Å². The van der Waals surface area contributed by atoms with E-state index in [0.717, 1.165) is 29.5 Å². The summed E-state index contributed by atoms with van der Waals surface area (Å²) in [6.07, 6.45) is 2.53. The van der Waals surface area contributed by atoms with Gasteiger partial charge in [-0.1, -0.05) is 29.8 Å². The van der Waals surface area contributed by atoms with Crippen molar-refractivity contribution in [1.82, 2.24) is 9.99 Å². The van der Waals surface area contributed by atoms with Gasteiger partial charge in [0.2, 0.25) is 0 Å². The molecule has 10 nitrogen and oxygen atoms in total. The van der Waals surface area contributed by atoms with E-state index in [1.165, 1.54) is 10.6 Å². The van der Waals surface area contributed by atoms with E-state index >= 15 is 0 Å². The Balaban J connectivity index is 1.77. The van der Waals surface area contributed by atoms with Crippen LogP contribution in [0.15, 0.2) is 64.6 Å². The summed E-state index contributed by atoms with van der Waals surface area (Å²) in [5.74, 6) is -1.96. The third-order valence-corrected chi connectivity index (χ3v) is 4.43. The summed E-state index contributed by atoms with van der Waals surface area (Å²) in [5, 5.41) is 33.8. The third kappa shape index (κ3) is 4.93. The average Bonchev–Trinajstić information content (AvgIpc) is 2.72. The van der Waals surface area contributed by atoms with Gasteiger partial charge >= 0.3 is 5.69 Å². The van der Waals surface area contributed by atoms with Crippen molar-refractivity contribution in [2.45, 2.75) is 13.5 Å². The fourth-order valence-corrected chi connectivity index (χ4v) is 2.78. The van der Waals surface area contributed by atoms with Gasteiger partial charge in [-0.15, -0.1) is 0 Å². The monoisotopic (exact) mass is 422 g/mol. The van der Waals surface area contributed by atoms with Crippen LogP contribution in [0.1, 0.15) is 27.0 Å². The molecule has 2 aromatic carbocycles. The number of pyridine rings is 1. The number of aromatic hydroxyl groups is 2. The SMILES string of the molecule is Cc1ccc(Cn2cccc(C(=O)N/N=C\c3cc([N+](=O)[O-])c(O)cc3O)c2=O)cc1. The molecule has 3 N–H and O–H groups in total. The van der Waals surface area contributed by atoms with E-state index in [1.807, 2.05) is 31.2 Å². The Morgan fingerprint density at radius 2 is 1.90 bits per heavy atom. The number of hydrogen-bond donors (Lipinski definition) is 3. The van der Waals surface area contributed by atoms with Crippen molar-refractivity contribution in [2.75, 3.05) is 0 Å². The first-order valence-electron chi connectivity index (χ1n) is 9.05. The van der Waals surface area contributed by atoms with Gasteiger partial charge in [0.05, 0.1) is 17.7 Å². The van der Waals surface area contributed by atoms with Gasteiger partial charge in [-0.2, -0.15) is 5.10 Å². The number of nitro benzene ring substituents is 1. The minimum atomic E-state index is -0.828. The zero-order valence-corrected chi connectivity index (χ0v) is 16.3. The number of amides is 1. The number of carbonyl (C=O) groups excluding carboxylic acids is 1. The standard InChI is InChI=1S/C21H18N4O6/c1-13-4-6-14(7-5-13)12-24-8-2-3-16(21(24)29)20(28)23-22-11-15-9-17(25(30)31)19(27)10-18(15)26/h2-11,26-27H,12H2,1H3,(H,23,28)/b22-11-. The number of nitrogens with zero attached hydrogens (tertiary/aromatic N) is 3. The number of nitrogens with one attached hydrogen (secondary N) is 1. The summed E-state index contributed by atoms with van der Waals surface area (Å²) in [7, 11) is 0. The Morgan fingerprint density at radius 3 is 2.58 bits per heavy atom. The molecule has 0 aliphatic carbocycles. The molecule has 0 bridgehead atoms. The number of phenolic OH excluding ortho intramolecular Hbond substituents is 2. The van der Waals surface area contributed by atoms with Gasteiger partial charge in [0, 0.05) is 23.9 Å². The van der Waals surface area contributed by atoms with E-state index in [0.29, 0.717) is 0 Å². The van der Waals surface area contributed by atoms with Gasteiger partial charge in [0.25, 0.3) is 11.5 Å². The molecule has 1 heterocycles. The van der Waals surface area contributed by atoms with E-state index in [2.05, 4.69) is 10.5 Å². The predicted octanol–water partition coefficient (Wildman–Crippen LogP) is 2.29. The molecule has 31 heavy (non-hydrogen) atoms. The van der Waals surface area contributed by atoms with E-state index in [-0.39, 0.29) is 17.7 Å².